The highest BCUT2D eigenvalue weighted by atomic mass is 16.5. The van der Waals surface area contributed by atoms with Crippen LogP contribution in [-0.4, -0.2) is 46.3 Å². The highest BCUT2D eigenvalue weighted by Crippen LogP contribution is 2.27. The van der Waals surface area contributed by atoms with Gasteiger partial charge in [-0.15, -0.1) is 0 Å². The fraction of sp³-hybridized carbons (Fsp3) is 0.333. The number of hydrogen-bond acceptors (Lipinski definition) is 6. The molecule has 0 aliphatic heterocycles. The second-order valence-corrected chi connectivity index (χ2v) is 7.38. The Morgan fingerprint density at radius 2 is 1.03 bits per heavy atom. The van der Waals surface area contributed by atoms with Crippen LogP contribution in [0.5, 0.6) is 0 Å². The summed E-state index contributed by atoms with van der Waals surface area (Å²) in [5, 5.41) is 18.9. The van der Waals surface area contributed by atoms with Crippen molar-refractivity contribution in [3.05, 3.63) is 58.7 Å². The van der Waals surface area contributed by atoms with Crippen LogP contribution in [0.3, 0.4) is 0 Å². The summed E-state index contributed by atoms with van der Waals surface area (Å²) < 4.78 is 10.6. The molecule has 32 heavy (non-hydrogen) atoms. The Morgan fingerprint density at radius 1 is 0.688 bits per heavy atom. The summed E-state index contributed by atoms with van der Waals surface area (Å²) in [5.41, 5.74) is 0.116. The molecule has 2 unspecified atom stereocenters. The molecule has 0 heterocycles. The van der Waals surface area contributed by atoms with Gasteiger partial charge >= 0.3 is 23.9 Å². The van der Waals surface area contributed by atoms with E-state index in [0.29, 0.717) is 24.0 Å². The van der Waals surface area contributed by atoms with Crippen molar-refractivity contribution in [2.45, 2.75) is 52.7 Å². The van der Waals surface area contributed by atoms with E-state index in [1.54, 1.807) is 13.8 Å². The maximum Gasteiger partial charge on any atom is 0.339 e. The Morgan fingerprint density at radius 3 is 1.31 bits per heavy atom. The fourth-order valence-corrected chi connectivity index (χ4v) is 2.82. The van der Waals surface area contributed by atoms with Crippen LogP contribution < -0.4 is 0 Å². The van der Waals surface area contributed by atoms with Crippen LogP contribution in [0.1, 0.15) is 82.0 Å². The molecule has 0 spiro atoms. The van der Waals surface area contributed by atoms with Gasteiger partial charge in [-0.25, -0.2) is 19.2 Å². The third kappa shape index (κ3) is 5.72. The second-order valence-electron chi connectivity index (χ2n) is 7.38. The zero-order chi connectivity index (χ0) is 24.0. The van der Waals surface area contributed by atoms with Crippen LogP contribution >= 0.6 is 0 Å². The van der Waals surface area contributed by atoms with Crippen LogP contribution in [0.15, 0.2) is 36.4 Å². The van der Waals surface area contributed by atoms with Crippen molar-refractivity contribution in [1.29, 1.82) is 0 Å². The highest BCUT2D eigenvalue weighted by Gasteiger charge is 2.23. The Labute approximate surface area is 185 Å². The van der Waals surface area contributed by atoms with E-state index in [9.17, 15) is 29.4 Å². The van der Waals surface area contributed by atoms with Crippen molar-refractivity contribution in [2.75, 3.05) is 0 Å². The first-order valence-electron chi connectivity index (χ1n) is 10.3. The SMILES string of the molecule is CCC(C)OC(=O)c1cc(-c2ccc(C(=O)O)c(C(=O)OC(C)CC)c2)ccc1C(=O)O. The van der Waals surface area contributed by atoms with Gasteiger partial charge in [0.25, 0.3) is 0 Å². The average molecular weight is 442 g/mol. The molecule has 8 heteroatoms. The lowest BCUT2D eigenvalue weighted by Gasteiger charge is -2.15. The number of ether oxygens (including phenoxy) is 2. The maximum absolute atomic E-state index is 12.6. The first-order chi connectivity index (χ1) is 15.1. The van der Waals surface area contributed by atoms with Gasteiger partial charge in [0.1, 0.15) is 0 Å². The van der Waals surface area contributed by atoms with E-state index in [1.165, 1.54) is 36.4 Å². The van der Waals surface area contributed by atoms with Gasteiger partial charge in [-0.3, -0.25) is 0 Å². The zero-order valence-corrected chi connectivity index (χ0v) is 18.4. The molecule has 0 amide bonds. The molecule has 0 aromatic heterocycles. The van der Waals surface area contributed by atoms with Gasteiger partial charge in [0, 0.05) is 0 Å². The molecule has 0 saturated carbocycles. The van der Waals surface area contributed by atoms with Crippen LogP contribution in [0, 0.1) is 0 Å². The highest BCUT2D eigenvalue weighted by molar-refractivity contribution is 6.05. The van der Waals surface area contributed by atoms with E-state index in [0.717, 1.165) is 0 Å². The number of carboxylic acids is 2. The van der Waals surface area contributed by atoms with E-state index >= 15 is 0 Å². The summed E-state index contributed by atoms with van der Waals surface area (Å²) in [6.45, 7) is 7.05. The summed E-state index contributed by atoms with van der Waals surface area (Å²) in [6, 6.07) is 8.20. The van der Waals surface area contributed by atoms with Gasteiger partial charge < -0.3 is 19.7 Å². The molecule has 2 aromatic rings. The smallest absolute Gasteiger partial charge is 0.339 e. The quantitative estimate of drug-likeness (QED) is 0.537. The summed E-state index contributed by atoms with van der Waals surface area (Å²) in [5.74, 6) is -4.13. The third-order valence-electron chi connectivity index (χ3n) is 5.04. The van der Waals surface area contributed by atoms with Gasteiger partial charge in [-0.1, -0.05) is 26.0 Å². The summed E-state index contributed by atoms with van der Waals surface area (Å²) in [6.07, 6.45) is 0.326. The molecule has 2 N–H and O–H groups in total. The van der Waals surface area contributed by atoms with Crippen molar-refractivity contribution in [2.24, 2.45) is 0 Å². The van der Waals surface area contributed by atoms with Crippen molar-refractivity contribution in [3.63, 3.8) is 0 Å². The van der Waals surface area contributed by atoms with E-state index < -0.39 is 36.1 Å². The monoisotopic (exact) mass is 442 g/mol. The summed E-state index contributed by atoms with van der Waals surface area (Å²) in [4.78, 5) is 48.3. The fourth-order valence-electron chi connectivity index (χ4n) is 2.82. The largest absolute Gasteiger partial charge is 0.478 e. The molecule has 2 atom stereocenters. The first kappa shape index (κ1) is 24.6. The molecule has 0 bridgehead atoms. The predicted molar refractivity (Wildman–Crippen MR) is 116 cm³/mol. The van der Waals surface area contributed by atoms with Gasteiger partial charge in [0.2, 0.25) is 0 Å². The number of esters is 2. The Hall–Kier alpha value is -3.68. The second kappa shape index (κ2) is 10.6. The number of hydrogen-bond donors (Lipinski definition) is 2. The number of carbonyl (C=O) groups excluding carboxylic acids is 2. The summed E-state index contributed by atoms with van der Waals surface area (Å²) >= 11 is 0. The molecule has 2 rings (SSSR count). The Balaban J connectivity index is 2.57. The third-order valence-corrected chi connectivity index (χ3v) is 5.04. The van der Waals surface area contributed by atoms with Crippen molar-refractivity contribution < 1.29 is 38.9 Å². The minimum absolute atomic E-state index is 0.138. The molecule has 2 aromatic carbocycles. The molecular formula is C24H26O8. The standard InChI is InChI=1S/C24H26O8/c1-5-13(3)31-23(29)19-11-15(7-9-17(19)21(25)26)16-8-10-18(22(27)28)20(12-16)24(30)32-14(4)6-2/h7-14H,5-6H2,1-4H3,(H,25,26)(H,27,28). The molecule has 0 aliphatic rings. The lowest BCUT2D eigenvalue weighted by atomic mass is 9.95. The zero-order valence-electron chi connectivity index (χ0n) is 18.4. The molecule has 0 aliphatic carbocycles. The molecule has 170 valence electrons. The van der Waals surface area contributed by atoms with Crippen molar-refractivity contribution in [3.8, 4) is 11.1 Å². The van der Waals surface area contributed by atoms with Crippen molar-refractivity contribution in [1.82, 2.24) is 0 Å². The van der Waals surface area contributed by atoms with Gasteiger partial charge in [0.05, 0.1) is 34.5 Å². The van der Waals surface area contributed by atoms with E-state index in [2.05, 4.69) is 0 Å². The number of aromatic carboxylic acids is 2. The normalized spacial score (nSPS) is 12.5. The van der Waals surface area contributed by atoms with E-state index in [4.69, 9.17) is 9.47 Å². The number of carbonyl (C=O) groups is 4. The number of benzene rings is 2. The minimum atomic E-state index is -1.29. The van der Waals surface area contributed by atoms with Crippen LogP contribution in [0.2, 0.25) is 0 Å². The summed E-state index contributed by atoms with van der Waals surface area (Å²) in [7, 11) is 0. The van der Waals surface area contributed by atoms with Gasteiger partial charge in [0.15, 0.2) is 0 Å². The van der Waals surface area contributed by atoms with Crippen LogP contribution in [-0.2, 0) is 9.47 Å². The van der Waals surface area contributed by atoms with Crippen LogP contribution in [0.4, 0.5) is 0 Å². The number of carboxylic acid groups (broad SMARTS) is 2. The maximum atomic E-state index is 12.6. The predicted octanol–water partition coefficient (Wildman–Crippen LogP) is 4.66. The van der Waals surface area contributed by atoms with Gasteiger partial charge in [-0.2, -0.15) is 0 Å². The molecule has 0 fully saturated rings. The minimum Gasteiger partial charge on any atom is -0.478 e. The molecule has 0 radical (unpaired) electrons. The molecule has 0 saturated heterocycles. The Kier molecular flexibility index (Phi) is 8.12. The first-order valence-corrected chi connectivity index (χ1v) is 10.3. The van der Waals surface area contributed by atoms with Gasteiger partial charge in [-0.05, 0) is 62.1 Å². The molecule has 8 nitrogen and oxygen atoms in total. The topological polar surface area (TPSA) is 127 Å². The van der Waals surface area contributed by atoms with E-state index in [-0.39, 0.29) is 22.3 Å². The van der Waals surface area contributed by atoms with Crippen LogP contribution in [0.25, 0.3) is 11.1 Å². The lowest BCUT2D eigenvalue weighted by molar-refractivity contribution is 0.0320. The average Bonchev–Trinajstić information content (AvgIpc) is 2.77. The van der Waals surface area contributed by atoms with E-state index in [1.807, 2.05) is 13.8 Å². The van der Waals surface area contributed by atoms with Crippen molar-refractivity contribution >= 4 is 23.9 Å². The number of rotatable bonds is 9. The Bertz CT molecular complexity index is 957. The molecular weight excluding hydrogens is 416 g/mol. The lowest BCUT2D eigenvalue weighted by Crippen LogP contribution is -2.18.